The molecule has 0 aliphatic rings. The highest BCUT2D eigenvalue weighted by Gasteiger charge is 2.14. The summed E-state index contributed by atoms with van der Waals surface area (Å²) in [5, 5.41) is 0.266. The lowest BCUT2D eigenvalue weighted by atomic mass is 10.2. The largest absolute Gasteiger partial charge is 0.281 e. The summed E-state index contributed by atoms with van der Waals surface area (Å²) in [6.07, 6.45) is 2.92. The molecular weight excluding hydrogens is 208 g/mol. The number of hydrogen-bond donors (Lipinski definition) is 1. The van der Waals surface area contributed by atoms with Crippen LogP contribution in [0.3, 0.4) is 0 Å². The highest BCUT2D eigenvalue weighted by molar-refractivity contribution is 8.15. The van der Waals surface area contributed by atoms with Crippen molar-refractivity contribution in [3.63, 3.8) is 0 Å². The molecule has 0 amide bonds. The second kappa shape index (κ2) is 3.60. The lowest BCUT2D eigenvalue weighted by Gasteiger charge is -2.09. The van der Waals surface area contributed by atoms with Crippen molar-refractivity contribution in [2.75, 3.05) is 12.5 Å². The van der Waals surface area contributed by atoms with E-state index in [-0.39, 0.29) is 5.12 Å². The average Bonchev–Trinajstić information content (AvgIpc) is 2.03. The van der Waals surface area contributed by atoms with Gasteiger partial charge in [0.15, 0.2) is 0 Å². The van der Waals surface area contributed by atoms with Gasteiger partial charge in [0.1, 0.15) is 0 Å². The maximum absolute atomic E-state index is 11.5. The van der Waals surface area contributed by atoms with Crippen LogP contribution < -0.4 is 0 Å². The number of carbonyl (C=O) groups excluding carboxylic acids is 1. The van der Waals surface area contributed by atoms with Gasteiger partial charge in [-0.25, -0.2) is 0 Å². The molecule has 2 nitrogen and oxygen atoms in total. The standard InChI is InChI=1S/C9H11ClO2S/c1-13(2,12)9(11)7-3-5-8(10)6-4-7/h3-6,13H,1-2H3. The first-order valence-electron chi connectivity index (χ1n) is 3.77. The second-order valence-electron chi connectivity index (χ2n) is 3.16. The van der Waals surface area contributed by atoms with E-state index in [4.69, 9.17) is 11.6 Å². The maximum atomic E-state index is 11.5. The Labute approximate surface area is 83.3 Å². The van der Waals surface area contributed by atoms with Crippen LogP contribution >= 0.6 is 11.6 Å². The summed E-state index contributed by atoms with van der Waals surface area (Å²) >= 11 is 5.65. The Morgan fingerprint density at radius 1 is 1.23 bits per heavy atom. The van der Waals surface area contributed by atoms with Gasteiger partial charge in [-0.3, -0.25) is 9.00 Å². The topological polar surface area (TPSA) is 34.1 Å². The molecule has 0 heterocycles. The van der Waals surface area contributed by atoms with Crippen molar-refractivity contribution in [2.24, 2.45) is 0 Å². The van der Waals surface area contributed by atoms with Crippen LogP contribution in [-0.4, -0.2) is 21.8 Å². The highest BCUT2D eigenvalue weighted by Crippen LogP contribution is 2.13. The zero-order valence-corrected chi connectivity index (χ0v) is 9.10. The molecule has 0 saturated heterocycles. The fourth-order valence-electron chi connectivity index (χ4n) is 0.903. The molecule has 0 N–H and O–H groups in total. The minimum Gasteiger partial charge on any atom is -0.281 e. The number of rotatable bonds is 1. The van der Waals surface area contributed by atoms with Crippen molar-refractivity contribution >= 4 is 26.6 Å². The van der Waals surface area contributed by atoms with E-state index in [1.807, 2.05) is 0 Å². The fourth-order valence-corrected chi connectivity index (χ4v) is 1.80. The molecule has 0 bridgehead atoms. The molecule has 13 heavy (non-hydrogen) atoms. The third kappa shape index (κ3) is 2.64. The molecule has 0 aliphatic carbocycles. The van der Waals surface area contributed by atoms with Gasteiger partial charge in [0.25, 0.3) is 0 Å². The van der Waals surface area contributed by atoms with E-state index in [2.05, 4.69) is 0 Å². The minimum atomic E-state index is -2.68. The number of thiol groups is 1. The van der Waals surface area contributed by atoms with E-state index in [0.717, 1.165) is 0 Å². The van der Waals surface area contributed by atoms with Gasteiger partial charge in [-0.1, -0.05) is 21.5 Å². The third-order valence-electron chi connectivity index (χ3n) is 1.58. The molecule has 0 atom stereocenters. The molecular formula is C9H11ClO2S. The van der Waals surface area contributed by atoms with E-state index < -0.39 is 9.93 Å². The summed E-state index contributed by atoms with van der Waals surface area (Å²) in [6, 6.07) is 6.41. The van der Waals surface area contributed by atoms with Gasteiger partial charge < -0.3 is 0 Å². The van der Waals surface area contributed by atoms with Crippen LogP contribution in [0.2, 0.25) is 5.02 Å². The van der Waals surface area contributed by atoms with Crippen LogP contribution in [0.25, 0.3) is 0 Å². The van der Waals surface area contributed by atoms with Gasteiger partial charge in [0.05, 0.1) is 0 Å². The van der Waals surface area contributed by atoms with Gasteiger partial charge >= 0.3 is 0 Å². The monoisotopic (exact) mass is 218 g/mol. The van der Waals surface area contributed by atoms with Crippen LogP contribution in [0.15, 0.2) is 24.3 Å². The Morgan fingerprint density at radius 3 is 2.08 bits per heavy atom. The van der Waals surface area contributed by atoms with Crippen LogP contribution in [0.4, 0.5) is 0 Å². The lowest BCUT2D eigenvalue weighted by Crippen LogP contribution is -2.19. The fraction of sp³-hybridized carbons (Fsp3) is 0.222. The number of hydrogen-bond acceptors (Lipinski definition) is 2. The third-order valence-corrected chi connectivity index (χ3v) is 3.07. The van der Waals surface area contributed by atoms with Crippen molar-refractivity contribution in [2.45, 2.75) is 0 Å². The SMILES string of the molecule is C[SH](C)(=O)C(=O)c1ccc(Cl)cc1. The molecule has 0 saturated carbocycles. The highest BCUT2D eigenvalue weighted by atomic mass is 35.5. The van der Waals surface area contributed by atoms with Crippen LogP contribution in [0.5, 0.6) is 0 Å². The molecule has 1 rings (SSSR count). The molecule has 0 aromatic heterocycles. The van der Waals surface area contributed by atoms with E-state index >= 15 is 0 Å². The Bertz CT molecular complexity index is 364. The molecule has 0 spiro atoms. The summed E-state index contributed by atoms with van der Waals surface area (Å²) in [5.74, 6) is 0. The predicted octanol–water partition coefficient (Wildman–Crippen LogP) is 1.76. The van der Waals surface area contributed by atoms with E-state index in [0.29, 0.717) is 10.6 Å². The molecule has 0 unspecified atom stereocenters. The van der Waals surface area contributed by atoms with Crippen LogP contribution in [0.1, 0.15) is 10.4 Å². The second-order valence-corrected chi connectivity index (χ2v) is 6.71. The number of benzene rings is 1. The summed E-state index contributed by atoms with van der Waals surface area (Å²) in [6.45, 7) is 0. The predicted molar refractivity (Wildman–Crippen MR) is 57.2 cm³/mol. The lowest BCUT2D eigenvalue weighted by molar-refractivity contribution is 0.108. The van der Waals surface area contributed by atoms with Gasteiger partial charge in [-0.15, -0.1) is 0 Å². The molecule has 0 radical (unpaired) electrons. The van der Waals surface area contributed by atoms with Gasteiger partial charge in [-0.05, 0) is 36.8 Å². The first-order chi connectivity index (χ1) is 5.91. The quantitative estimate of drug-likeness (QED) is 0.729. The Morgan fingerprint density at radius 2 is 1.69 bits per heavy atom. The van der Waals surface area contributed by atoms with Gasteiger partial charge in [-0.2, -0.15) is 0 Å². The average molecular weight is 219 g/mol. The maximum Gasteiger partial charge on any atom is 0.225 e. The van der Waals surface area contributed by atoms with E-state index in [1.165, 1.54) is 12.5 Å². The van der Waals surface area contributed by atoms with E-state index in [1.54, 1.807) is 24.3 Å². The normalized spacial score (nSPS) is 12.5. The van der Waals surface area contributed by atoms with Crippen molar-refractivity contribution in [3.05, 3.63) is 34.9 Å². The first kappa shape index (κ1) is 10.4. The summed E-state index contributed by atoms with van der Waals surface area (Å²) in [5.41, 5.74) is 0.456. The zero-order valence-electron chi connectivity index (χ0n) is 7.45. The van der Waals surface area contributed by atoms with Crippen molar-refractivity contribution in [3.8, 4) is 0 Å². The molecule has 1 aromatic rings. The molecule has 0 aliphatic heterocycles. The van der Waals surface area contributed by atoms with Crippen molar-refractivity contribution in [1.29, 1.82) is 0 Å². The molecule has 1 aromatic carbocycles. The Hall–Kier alpha value is -0.670. The van der Waals surface area contributed by atoms with E-state index in [9.17, 15) is 9.00 Å². The first-order valence-corrected chi connectivity index (χ1v) is 6.74. The number of carbonyl (C=O) groups is 1. The smallest absolute Gasteiger partial charge is 0.225 e. The van der Waals surface area contributed by atoms with Crippen LogP contribution in [-0.2, 0) is 9.93 Å². The molecule has 0 fully saturated rings. The molecule has 72 valence electrons. The summed E-state index contributed by atoms with van der Waals surface area (Å²) in [7, 11) is -2.68. The van der Waals surface area contributed by atoms with Crippen molar-refractivity contribution < 1.29 is 9.00 Å². The van der Waals surface area contributed by atoms with Crippen LogP contribution in [0, 0.1) is 0 Å². The van der Waals surface area contributed by atoms with Crippen molar-refractivity contribution in [1.82, 2.24) is 0 Å². The Kier molecular flexibility index (Phi) is 2.88. The summed E-state index contributed by atoms with van der Waals surface area (Å²) in [4.78, 5) is 11.5. The zero-order chi connectivity index (χ0) is 10.1. The minimum absolute atomic E-state index is 0.302. The summed E-state index contributed by atoms with van der Waals surface area (Å²) < 4.78 is 11.4. The molecule has 4 heteroatoms. The van der Waals surface area contributed by atoms with Gasteiger partial charge in [0, 0.05) is 10.6 Å². The Balaban J connectivity index is 3.04. The number of halogens is 1. The van der Waals surface area contributed by atoms with Gasteiger partial charge in [0.2, 0.25) is 5.12 Å².